The van der Waals surface area contributed by atoms with Crippen LogP contribution in [0.4, 0.5) is 13.2 Å². The van der Waals surface area contributed by atoms with Crippen LogP contribution in [0.15, 0.2) is 18.2 Å². The number of alkyl halides is 3. The molecule has 0 amide bonds. The summed E-state index contributed by atoms with van der Waals surface area (Å²) >= 11 is 0. The van der Waals surface area contributed by atoms with Crippen LogP contribution >= 0.6 is 0 Å². The minimum absolute atomic E-state index is 0.263. The Morgan fingerprint density at radius 2 is 2.00 bits per heavy atom. The van der Waals surface area contributed by atoms with Gasteiger partial charge in [0, 0.05) is 6.54 Å². The molecule has 1 aromatic heterocycles. The Balaban J connectivity index is 2.35. The van der Waals surface area contributed by atoms with Crippen LogP contribution in [0.3, 0.4) is 0 Å². The van der Waals surface area contributed by atoms with Gasteiger partial charge in [-0.15, -0.1) is 0 Å². The normalized spacial score (nSPS) is 12.5. The topological polar surface area (TPSA) is 41.3 Å². The number of aliphatic hydroxyl groups is 1. The molecule has 2 rings (SSSR count). The summed E-state index contributed by atoms with van der Waals surface area (Å²) in [5.74, 6) is 0.392. The second-order valence-electron chi connectivity index (χ2n) is 5.20. The van der Waals surface area contributed by atoms with Gasteiger partial charge in [-0.05, 0) is 45.3 Å². The molecule has 21 heavy (non-hydrogen) atoms. The van der Waals surface area contributed by atoms with Crippen molar-refractivity contribution in [3.63, 3.8) is 0 Å². The Labute approximate surface area is 120 Å². The van der Waals surface area contributed by atoms with E-state index in [-0.39, 0.29) is 12.1 Å². The van der Waals surface area contributed by atoms with Crippen molar-refractivity contribution < 1.29 is 18.3 Å². The molecule has 1 aromatic carbocycles. The first-order valence-electron chi connectivity index (χ1n) is 6.65. The molecule has 0 aliphatic carbocycles. The molecule has 0 fully saturated rings. The maximum absolute atomic E-state index is 12.7. The zero-order valence-electron chi connectivity index (χ0n) is 12.0. The van der Waals surface area contributed by atoms with Gasteiger partial charge in [0.25, 0.3) is 0 Å². The zero-order valence-corrected chi connectivity index (χ0v) is 12.0. The second kappa shape index (κ2) is 6.03. The van der Waals surface area contributed by atoms with E-state index in [4.69, 9.17) is 0 Å². The van der Waals surface area contributed by atoms with Crippen molar-refractivity contribution >= 4 is 11.0 Å². The fourth-order valence-corrected chi connectivity index (χ4v) is 2.27. The Morgan fingerprint density at radius 1 is 1.29 bits per heavy atom. The van der Waals surface area contributed by atoms with Crippen molar-refractivity contribution in [3.05, 3.63) is 29.6 Å². The summed E-state index contributed by atoms with van der Waals surface area (Å²) in [6.45, 7) is 1.17. The fourth-order valence-electron chi connectivity index (χ4n) is 2.27. The summed E-state index contributed by atoms with van der Waals surface area (Å²) in [5, 5.41) is 9.34. The molecule has 116 valence electrons. The van der Waals surface area contributed by atoms with Crippen molar-refractivity contribution in [1.29, 1.82) is 0 Å². The maximum atomic E-state index is 12.7. The summed E-state index contributed by atoms with van der Waals surface area (Å²) in [6.07, 6.45) is -3.56. The van der Waals surface area contributed by atoms with Gasteiger partial charge in [0.15, 0.2) is 0 Å². The van der Waals surface area contributed by atoms with E-state index in [0.29, 0.717) is 17.9 Å². The van der Waals surface area contributed by atoms with Gasteiger partial charge >= 0.3 is 6.18 Å². The molecule has 0 aliphatic heterocycles. The van der Waals surface area contributed by atoms with Gasteiger partial charge in [0.05, 0.1) is 16.6 Å². The number of benzene rings is 1. The number of hydrogen-bond donors (Lipinski definition) is 1. The SMILES string of the molecule is CN(C)CCCn1c(CO)nc2cc(C(F)(F)F)ccc21. The lowest BCUT2D eigenvalue weighted by Crippen LogP contribution is -2.15. The van der Waals surface area contributed by atoms with Crippen LogP contribution in [0.1, 0.15) is 17.8 Å². The molecule has 0 radical (unpaired) electrons. The lowest BCUT2D eigenvalue weighted by molar-refractivity contribution is -0.137. The predicted octanol–water partition coefficient (Wildman–Crippen LogP) is 2.50. The van der Waals surface area contributed by atoms with E-state index in [0.717, 1.165) is 25.1 Å². The lowest BCUT2D eigenvalue weighted by Gasteiger charge is -2.12. The molecule has 0 saturated heterocycles. The van der Waals surface area contributed by atoms with Crippen LogP contribution < -0.4 is 0 Å². The standard InChI is InChI=1S/C14H18F3N3O/c1-19(2)6-3-7-20-12-5-4-10(14(15,16)17)8-11(12)18-13(20)9-21/h4-5,8,21H,3,6-7,9H2,1-2H3. The molecule has 1 heterocycles. The second-order valence-corrected chi connectivity index (χ2v) is 5.20. The fraction of sp³-hybridized carbons (Fsp3) is 0.500. The van der Waals surface area contributed by atoms with E-state index >= 15 is 0 Å². The Kier molecular flexibility index (Phi) is 4.53. The minimum atomic E-state index is -4.39. The minimum Gasteiger partial charge on any atom is -0.388 e. The summed E-state index contributed by atoms with van der Waals surface area (Å²) in [7, 11) is 3.91. The summed E-state index contributed by atoms with van der Waals surface area (Å²) < 4.78 is 39.9. The average Bonchev–Trinajstić information content (AvgIpc) is 2.74. The first-order chi connectivity index (χ1) is 9.82. The van der Waals surface area contributed by atoms with E-state index in [2.05, 4.69) is 4.98 Å². The van der Waals surface area contributed by atoms with Crippen molar-refractivity contribution in [2.75, 3.05) is 20.6 Å². The third-order valence-corrected chi connectivity index (χ3v) is 3.28. The van der Waals surface area contributed by atoms with Gasteiger partial charge in [-0.2, -0.15) is 13.2 Å². The molecule has 1 N–H and O–H groups in total. The molecule has 0 bridgehead atoms. The number of aliphatic hydroxyl groups excluding tert-OH is 1. The molecule has 7 heteroatoms. The number of imidazole rings is 1. The third kappa shape index (κ3) is 3.54. The molecular formula is C14H18F3N3O. The Bertz CT molecular complexity index is 620. The summed E-state index contributed by atoms with van der Waals surface area (Å²) in [6, 6.07) is 3.49. The highest BCUT2D eigenvalue weighted by Gasteiger charge is 2.31. The quantitative estimate of drug-likeness (QED) is 0.922. The number of hydrogen-bond acceptors (Lipinski definition) is 3. The van der Waals surface area contributed by atoms with Crippen molar-refractivity contribution in [1.82, 2.24) is 14.5 Å². The van der Waals surface area contributed by atoms with Crippen LogP contribution in [0.5, 0.6) is 0 Å². The van der Waals surface area contributed by atoms with Crippen molar-refractivity contribution in [2.45, 2.75) is 25.7 Å². The van der Waals surface area contributed by atoms with Crippen LogP contribution in [0, 0.1) is 0 Å². The van der Waals surface area contributed by atoms with E-state index in [1.165, 1.54) is 6.07 Å². The molecule has 0 spiro atoms. The first-order valence-corrected chi connectivity index (χ1v) is 6.65. The first kappa shape index (κ1) is 15.8. The molecular weight excluding hydrogens is 283 g/mol. The van der Waals surface area contributed by atoms with E-state index in [9.17, 15) is 18.3 Å². The maximum Gasteiger partial charge on any atom is 0.416 e. The summed E-state index contributed by atoms with van der Waals surface area (Å²) in [4.78, 5) is 6.13. The lowest BCUT2D eigenvalue weighted by atomic mass is 10.2. The van der Waals surface area contributed by atoms with Gasteiger partial charge in [0.2, 0.25) is 0 Å². The Hall–Kier alpha value is -1.60. The highest BCUT2D eigenvalue weighted by Crippen LogP contribution is 2.31. The molecule has 0 unspecified atom stereocenters. The van der Waals surface area contributed by atoms with Crippen LogP contribution in [0.2, 0.25) is 0 Å². The van der Waals surface area contributed by atoms with Gasteiger partial charge in [-0.1, -0.05) is 0 Å². The van der Waals surface area contributed by atoms with Gasteiger partial charge in [-0.3, -0.25) is 0 Å². The molecule has 4 nitrogen and oxygen atoms in total. The van der Waals surface area contributed by atoms with Crippen LogP contribution in [-0.2, 0) is 19.3 Å². The number of halogens is 3. The number of aromatic nitrogens is 2. The van der Waals surface area contributed by atoms with Crippen LogP contribution in [-0.4, -0.2) is 40.2 Å². The molecule has 0 aliphatic rings. The van der Waals surface area contributed by atoms with E-state index in [1.54, 1.807) is 4.57 Å². The van der Waals surface area contributed by atoms with Gasteiger partial charge < -0.3 is 14.6 Å². The number of aryl methyl sites for hydroxylation is 1. The monoisotopic (exact) mass is 301 g/mol. The van der Waals surface area contributed by atoms with E-state index in [1.807, 2.05) is 19.0 Å². The van der Waals surface area contributed by atoms with Gasteiger partial charge in [0.1, 0.15) is 12.4 Å². The third-order valence-electron chi connectivity index (χ3n) is 3.28. The zero-order chi connectivity index (χ0) is 15.6. The molecule has 0 atom stereocenters. The summed E-state index contributed by atoms with van der Waals surface area (Å²) in [5.41, 5.74) is 0.155. The largest absolute Gasteiger partial charge is 0.416 e. The van der Waals surface area contributed by atoms with E-state index < -0.39 is 11.7 Å². The van der Waals surface area contributed by atoms with Crippen molar-refractivity contribution in [2.24, 2.45) is 0 Å². The highest BCUT2D eigenvalue weighted by molar-refractivity contribution is 5.77. The molecule has 0 saturated carbocycles. The molecule has 2 aromatic rings. The number of fused-ring (bicyclic) bond motifs is 1. The smallest absolute Gasteiger partial charge is 0.388 e. The predicted molar refractivity (Wildman–Crippen MR) is 73.8 cm³/mol. The highest BCUT2D eigenvalue weighted by atomic mass is 19.4. The average molecular weight is 301 g/mol. The van der Waals surface area contributed by atoms with Gasteiger partial charge in [-0.25, -0.2) is 4.98 Å². The Morgan fingerprint density at radius 3 is 2.57 bits per heavy atom. The number of rotatable bonds is 5. The van der Waals surface area contributed by atoms with Crippen LogP contribution in [0.25, 0.3) is 11.0 Å². The number of nitrogens with zero attached hydrogens (tertiary/aromatic N) is 3. The van der Waals surface area contributed by atoms with Crippen molar-refractivity contribution in [3.8, 4) is 0 Å².